The first-order valence-electron chi connectivity index (χ1n) is 12.4. The number of ether oxygens (including phenoxy) is 1. The molecule has 5 rings (SSSR count). The molecule has 3 aromatic rings. The summed E-state index contributed by atoms with van der Waals surface area (Å²) in [4.78, 5) is 30.3. The Bertz CT molecular complexity index is 1310. The van der Waals surface area contributed by atoms with Crippen molar-refractivity contribution in [3.8, 4) is 17.3 Å². The monoisotopic (exact) mass is 528 g/mol. The van der Waals surface area contributed by atoms with Crippen LogP contribution in [0.5, 0.6) is 5.88 Å². The maximum absolute atomic E-state index is 13.6. The molecule has 0 saturated carbocycles. The van der Waals surface area contributed by atoms with Crippen molar-refractivity contribution in [2.24, 2.45) is 0 Å². The smallest absolute Gasteiger partial charge is 0.416 e. The molecule has 0 radical (unpaired) electrons. The van der Waals surface area contributed by atoms with Crippen LogP contribution in [0, 0.1) is 0 Å². The van der Waals surface area contributed by atoms with Crippen LogP contribution >= 0.6 is 0 Å². The van der Waals surface area contributed by atoms with E-state index in [2.05, 4.69) is 25.2 Å². The fourth-order valence-corrected chi connectivity index (χ4v) is 4.70. The van der Waals surface area contributed by atoms with Crippen molar-refractivity contribution < 1.29 is 27.8 Å². The van der Waals surface area contributed by atoms with E-state index in [4.69, 9.17) is 9.84 Å². The van der Waals surface area contributed by atoms with Crippen molar-refractivity contribution in [1.82, 2.24) is 15.0 Å². The number of pyridine rings is 1. The van der Waals surface area contributed by atoms with Crippen LogP contribution < -0.4 is 19.9 Å². The van der Waals surface area contributed by atoms with Crippen molar-refractivity contribution in [3.05, 3.63) is 54.4 Å². The third-order valence-corrected chi connectivity index (χ3v) is 6.54. The predicted octanol–water partition coefficient (Wildman–Crippen LogP) is 4.73. The van der Waals surface area contributed by atoms with Crippen LogP contribution in [0.1, 0.15) is 31.2 Å². The Morgan fingerprint density at radius 1 is 1.18 bits per heavy atom. The fraction of sp³-hybridized carbons (Fsp3) is 0.385. The normalized spacial score (nSPS) is 16.7. The SMILES string of the molecule is O=C(Nc1ccnc(OCCCCO)c1)N1c2nc(-c3cccc(C(F)(F)F)c3)ncc2N2CCC[C@H]1C2. The largest absolute Gasteiger partial charge is 0.478 e. The highest BCUT2D eigenvalue weighted by atomic mass is 19.4. The molecular weight excluding hydrogens is 501 g/mol. The van der Waals surface area contributed by atoms with Crippen molar-refractivity contribution in [2.75, 3.05) is 41.4 Å². The number of nitrogens with one attached hydrogen (secondary N) is 1. The number of carbonyl (C=O) groups excluding carboxylic acids is 1. The van der Waals surface area contributed by atoms with Gasteiger partial charge in [0.05, 0.1) is 30.1 Å². The molecule has 9 nitrogen and oxygen atoms in total. The summed E-state index contributed by atoms with van der Waals surface area (Å²) >= 11 is 0. The Balaban J connectivity index is 1.43. The molecule has 4 heterocycles. The van der Waals surface area contributed by atoms with Gasteiger partial charge in [0.25, 0.3) is 0 Å². The summed E-state index contributed by atoms with van der Waals surface area (Å²) < 4.78 is 45.5. The van der Waals surface area contributed by atoms with E-state index in [0.29, 0.717) is 49.1 Å². The molecule has 2 aromatic heterocycles. The number of carbonyl (C=O) groups is 1. The number of aromatic nitrogens is 3. The molecule has 38 heavy (non-hydrogen) atoms. The molecule has 2 bridgehead atoms. The molecule has 1 saturated heterocycles. The second-order valence-electron chi connectivity index (χ2n) is 9.19. The van der Waals surface area contributed by atoms with Gasteiger partial charge in [-0.05, 0) is 43.9 Å². The molecule has 2 aliphatic heterocycles. The lowest BCUT2D eigenvalue weighted by atomic mass is 10.0. The number of amides is 2. The lowest BCUT2D eigenvalue weighted by molar-refractivity contribution is -0.137. The van der Waals surface area contributed by atoms with Crippen LogP contribution in [0.15, 0.2) is 48.8 Å². The van der Waals surface area contributed by atoms with Gasteiger partial charge in [-0.25, -0.2) is 19.7 Å². The van der Waals surface area contributed by atoms with Crippen LogP contribution in [0.2, 0.25) is 0 Å². The first-order valence-corrected chi connectivity index (χ1v) is 12.4. The summed E-state index contributed by atoms with van der Waals surface area (Å²) in [5.74, 6) is 0.810. The number of halogens is 3. The van der Waals surface area contributed by atoms with Crippen molar-refractivity contribution in [3.63, 3.8) is 0 Å². The van der Waals surface area contributed by atoms with Gasteiger partial charge in [-0.1, -0.05) is 12.1 Å². The fourth-order valence-electron chi connectivity index (χ4n) is 4.70. The summed E-state index contributed by atoms with van der Waals surface area (Å²) in [5, 5.41) is 11.8. The van der Waals surface area contributed by atoms with Crippen LogP contribution in [0.25, 0.3) is 11.4 Å². The lowest BCUT2D eigenvalue weighted by Gasteiger charge is -2.45. The molecule has 2 N–H and O–H groups in total. The van der Waals surface area contributed by atoms with Gasteiger partial charge in [0.2, 0.25) is 5.88 Å². The standard InChI is InChI=1S/C26H27F3N6O3/c27-26(28,29)18-6-3-5-17(13-18)23-31-15-21-24(33-23)35(20-7-4-10-34(21)16-20)25(37)32-19-8-9-30-22(14-19)38-12-2-1-11-36/h3,5-6,8-9,13-15,20,36H,1-2,4,7,10-12,16H2,(H,30,32,37)/t20-/m0/s1. The molecule has 2 aliphatic rings. The van der Waals surface area contributed by atoms with Crippen LogP contribution in [-0.2, 0) is 6.18 Å². The molecule has 12 heteroatoms. The van der Waals surface area contributed by atoms with E-state index < -0.39 is 17.8 Å². The zero-order chi connectivity index (χ0) is 26.7. The Kier molecular flexibility index (Phi) is 7.32. The second-order valence-corrected chi connectivity index (χ2v) is 9.19. The molecule has 0 aliphatic carbocycles. The number of benzene rings is 1. The van der Waals surface area contributed by atoms with E-state index in [9.17, 15) is 18.0 Å². The first kappa shape index (κ1) is 25.7. The highest BCUT2D eigenvalue weighted by molar-refractivity contribution is 6.04. The predicted molar refractivity (Wildman–Crippen MR) is 135 cm³/mol. The Morgan fingerprint density at radius 3 is 2.87 bits per heavy atom. The van der Waals surface area contributed by atoms with Crippen molar-refractivity contribution >= 4 is 23.2 Å². The number of aliphatic hydroxyl groups excluding tert-OH is 1. The third kappa shape index (κ3) is 5.49. The number of alkyl halides is 3. The highest BCUT2D eigenvalue weighted by Crippen LogP contribution is 2.39. The molecule has 1 aromatic carbocycles. The number of urea groups is 1. The summed E-state index contributed by atoms with van der Waals surface area (Å²) in [6.45, 7) is 1.87. The Hall–Kier alpha value is -3.93. The second kappa shape index (κ2) is 10.8. The maximum Gasteiger partial charge on any atom is 0.416 e. The molecule has 200 valence electrons. The average molecular weight is 529 g/mol. The van der Waals surface area contributed by atoms with Gasteiger partial charge >= 0.3 is 12.2 Å². The van der Waals surface area contributed by atoms with Crippen molar-refractivity contribution in [2.45, 2.75) is 37.9 Å². The number of fused-ring (bicyclic) bond motifs is 4. The summed E-state index contributed by atoms with van der Waals surface area (Å²) in [6, 6.07) is 7.53. The number of hydrogen-bond donors (Lipinski definition) is 2. The van der Waals surface area contributed by atoms with E-state index in [1.54, 1.807) is 23.2 Å². The molecular formula is C26H27F3N6O3. The van der Waals surface area contributed by atoms with Crippen LogP contribution in [-0.4, -0.2) is 58.4 Å². The van der Waals surface area contributed by atoms with Gasteiger partial charge in [-0.15, -0.1) is 0 Å². The molecule has 1 fully saturated rings. The zero-order valence-corrected chi connectivity index (χ0v) is 20.5. The topological polar surface area (TPSA) is 104 Å². The Morgan fingerprint density at radius 2 is 2.05 bits per heavy atom. The summed E-state index contributed by atoms with van der Waals surface area (Å²) in [7, 11) is 0. The number of hydrogen-bond acceptors (Lipinski definition) is 7. The van der Waals surface area contributed by atoms with E-state index in [0.717, 1.165) is 31.5 Å². The van der Waals surface area contributed by atoms with E-state index in [-0.39, 0.29) is 24.0 Å². The van der Waals surface area contributed by atoms with E-state index >= 15 is 0 Å². The third-order valence-electron chi connectivity index (χ3n) is 6.54. The van der Waals surface area contributed by atoms with E-state index in [1.165, 1.54) is 18.3 Å². The van der Waals surface area contributed by atoms with Gasteiger partial charge in [-0.2, -0.15) is 13.2 Å². The van der Waals surface area contributed by atoms with Gasteiger partial charge in [0.15, 0.2) is 11.6 Å². The molecule has 0 spiro atoms. The average Bonchev–Trinajstić information content (AvgIpc) is 2.91. The number of aliphatic hydroxyl groups is 1. The number of piperidine rings is 1. The molecule has 0 unspecified atom stereocenters. The Labute approximate surface area is 217 Å². The number of unbranched alkanes of at least 4 members (excludes halogenated alkanes) is 1. The number of nitrogens with zero attached hydrogens (tertiary/aromatic N) is 5. The molecule has 1 atom stereocenters. The zero-order valence-electron chi connectivity index (χ0n) is 20.5. The quantitative estimate of drug-likeness (QED) is 0.428. The first-order chi connectivity index (χ1) is 18.3. The minimum absolute atomic E-state index is 0.0851. The highest BCUT2D eigenvalue weighted by Gasteiger charge is 2.39. The van der Waals surface area contributed by atoms with Gasteiger partial charge in [0.1, 0.15) is 0 Å². The van der Waals surface area contributed by atoms with Gasteiger partial charge in [0, 0.05) is 43.2 Å². The van der Waals surface area contributed by atoms with Crippen molar-refractivity contribution in [1.29, 1.82) is 0 Å². The minimum Gasteiger partial charge on any atom is -0.478 e. The minimum atomic E-state index is -4.50. The molecule has 2 amide bonds. The van der Waals surface area contributed by atoms with Crippen LogP contribution in [0.3, 0.4) is 0 Å². The summed E-state index contributed by atoms with van der Waals surface area (Å²) in [5.41, 5.74) is 0.563. The van der Waals surface area contributed by atoms with Gasteiger partial charge in [-0.3, -0.25) is 4.90 Å². The lowest BCUT2D eigenvalue weighted by Crippen LogP contribution is -2.56. The van der Waals surface area contributed by atoms with Gasteiger partial charge < -0.3 is 20.1 Å². The van der Waals surface area contributed by atoms with Crippen LogP contribution in [0.4, 0.5) is 35.2 Å². The summed E-state index contributed by atoms with van der Waals surface area (Å²) in [6.07, 6.45) is 1.54. The number of anilines is 3. The van der Waals surface area contributed by atoms with E-state index in [1.807, 2.05) is 0 Å². The maximum atomic E-state index is 13.6. The number of rotatable bonds is 7.